The second-order valence-corrected chi connectivity index (χ2v) is 5.21. The molecule has 0 saturated heterocycles. The Hall–Kier alpha value is -0.750. The van der Waals surface area contributed by atoms with Crippen LogP contribution in [0.5, 0.6) is 0 Å². The molecule has 0 spiro atoms. The van der Waals surface area contributed by atoms with Gasteiger partial charge in [0.15, 0.2) is 0 Å². The first kappa shape index (κ1) is 14.2. The summed E-state index contributed by atoms with van der Waals surface area (Å²) in [6.07, 6.45) is -2.80. The molecule has 5 nitrogen and oxygen atoms in total. The Balaban J connectivity index is 5.58. The highest BCUT2D eigenvalue weighted by Gasteiger charge is 2.28. The van der Waals surface area contributed by atoms with Gasteiger partial charge in [0.1, 0.15) is 5.41 Å². The van der Waals surface area contributed by atoms with Crippen LogP contribution >= 0.6 is 0 Å². The Labute approximate surface area is 80.9 Å². The Morgan fingerprint density at radius 2 is 1.73 bits per heavy atom. The Morgan fingerprint density at radius 1 is 1.27 bits per heavy atom. The summed E-state index contributed by atoms with van der Waals surface area (Å²) in [5, 5.41) is -0.867. The van der Waals surface area contributed by atoms with Crippen molar-refractivity contribution in [3.8, 4) is 0 Å². The molecular formula is C3H2F5NO4S2. The lowest BCUT2D eigenvalue weighted by molar-refractivity contribution is -0.000775. The number of rotatable bonds is 4. The molecule has 0 bridgehead atoms. The van der Waals surface area contributed by atoms with Crippen LogP contribution < -0.4 is 0 Å². The molecule has 0 aromatic rings. The molecule has 0 saturated carbocycles. The fraction of sp³-hybridized carbons (Fsp3) is 0.333. The third-order valence-electron chi connectivity index (χ3n) is 0.761. The predicted octanol–water partition coefficient (Wildman–Crippen LogP) is 1.56. The van der Waals surface area contributed by atoms with Crippen molar-refractivity contribution in [1.82, 2.24) is 0 Å². The van der Waals surface area contributed by atoms with Crippen LogP contribution in [-0.2, 0) is 24.4 Å². The summed E-state index contributed by atoms with van der Waals surface area (Å²) >= 11 is 0. The Bertz CT molecular complexity index is 457. The van der Waals surface area contributed by atoms with Crippen LogP contribution in [0.4, 0.5) is 22.1 Å². The van der Waals surface area contributed by atoms with E-state index in [4.69, 9.17) is 0 Å². The average molecular weight is 275 g/mol. The number of hydrogen-bond acceptors (Lipinski definition) is 4. The highest BCUT2D eigenvalue weighted by Crippen LogP contribution is 2.16. The molecule has 0 aromatic heterocycles. The lowest BCUT2D eigenvalue weighted by Crippen LogP contribution is -2.13. The van der Waals surface area contributed by atoms with Crippen molar-refractivity contribution in [2.45, 2.75) is 5.76 Å². The van der Waals surface area contributed by atoms with Crippen LogP contribution in [0.1, 0.15) is 0 Å². The highest BCUT2D eigenvalue weighted by atomic mass is 32.3. The number of hydrogen-bond donors (Lipinski definition) is 0. The van der Waals surface area contributed by atoms with Crippen LogP contribution in [0.15, 0.2) is 15.3 Å². The smallest absolute Gasteiger partial charge is 0.211 e. The van der Waals surface area contributed by atoms with Crippen molar-refractivity contribution >= 4 is 20.0 Å². The zero-order valence-corrected chi connectivity index (χ0v) is 8.07. The van der Waals surface area contributed by atoms with Crippen molar-refractivity contribution in [3.05, 3.63) is 11.5 Å². The maximum atomic E-state index is 11.7. The first-order valence-electron chi connectivity index (χ1n) is 2.76. The van der Waals surface area contributed by atoms with Crippen molar-refractivity contribution in [2.24, 2.45) is 3.77 Å². The highest BCUT2D eigenvalue weighted by molar-refractivity contribution is 8.02. The van der Waals surface area contributed by atoms with Gasteiger partial charge in [-0.2, -0.15) is 26.0 Å². The zero-order chi connectivity index (χ0) is 12.3. The molecule has 0 amide bonds. The van der Waals surface area contributed by atoms with Crippen LogP contribution in [0, 0.1) is 0 Å². The van der Waals surface area contributed by atoms with Crippen molar-refractivity contribution in [1.29, 1.82) is 0 Å². The van der Waals surface area contributed by atoms with Crippen molar-refractivity contribution in [3.63, 3.8) is 0 Å². The normalized spacial score (nSPS) is 15.9. The molecule has 15 heavy (non-hydrogen) atoms. The van der Waals surface area contributed by atoms with E-state index in [0.29, 0.717) is 0 Å². The lowest BCUT2D eigenvalue weighted by atomic mass is 11.1. The quantitative estimate of drug-likeness (QED) is 0.730. The number of nitrogens with zero attached hydrogens (tertiary/aromatic N) is 1. The van der Waals surface area contributed by atoms with Gasteiger partial charge in [-0.1, -0.05) is 8.16 Å². The van der Waals surface area contributed by atoms with Crippen LogP contribution in [-0.4, -0.2) is 18.4 Å². The molecule has 0 heterocycles. The van der Waals surface area contributed by atoms with Crippen molar-refractivity contribution in [2.75, 3.05) is 0 Å². The molecule has 0 rings (SSSR count). The molecule has 1 atom stereocenters. The summed E-state index contributed by atoms with van der Waals surface area (Å²) in [6.45, 7) is 0. The average Bonchev–Trinajstić information content (AvgIpc) is 2.00. The van der Waals surface area contributed by atoms with Gasteiger partial charge in [0.2, 0.25) is 0 Å². The molecule has 90 valence electrons. The molecule has 0 fully saturated rings. The molecule has 0 aliphatic heterocycles. The first-order valence-corrected chi connectivity index (χ1v) is 5.77. The molecule has 0 aliphatic carbocycles. The summed E-state index contributed by atoms with van der Waals surface area (Å²) in [7, 11) is -10.8. The van der Waals surface area contributed by atoms with Gasteiger partial charge in [0.05, 0.1) is 0 Å². The van der Waals surface area contributed by atoms with E-state index >= 15 is 0 Å². The summed E-state index contributed by atoms with van der Waals surface area (Å²) in [6, 6.07) is 0. The van der Waals surface area contributed by atoms with Gasteiger partial charge in [0, 0.05) is 0 Å². The van der Waals surface area contributed by atoms with Crippen LogP contribution in [0.25, 0.3) is 0 Å². The van der Waals surface area contributed by atoms with Gasteiger partial charge < -0.3 is 0 Å². The second kappa shape index (κ2) is 4.85. The second-order valence-electron chi connectivity index (χ2n) is 1.84. The van der Waals surface area contributed by atoms with Crippen LogP contribution in [0.2, 0.25) is 0 Å². The lowest BCUT2D eigenvalue weighted by Gasteiger charge is -2.00. The van der Waals surface area contributed by atoms with E-state index in [2.05, 4.69) is 4.39 Å². The SMILES string of the molecule is O=S(=O)(C=C(F)F)N=S(=O)(OF)C(F)F. The summed E-state index contributed by atoms with van der Waals surface area (Å²) in [4.78, 5) is 0. The largest absolute Gasteiger partial charge is 0.346 e. The van der Waals surface area contributed by atoms with Gasteiger partial charge in [-0.25, -0.2) is 4.21 Å². The summed E-state index contributed by atoms with van der Waals surface area (Å²) < 4.78 is 92.9. The van der Waals surface area contributed by atoms with Crippen molar-refractivity contribution < 1.29 is 39.1 Å². The van der Waals surface area contributed by atoms with E-state index in [1.807, 2.05) is 0 Å². The first-order chi connectivity index (χ1) is 6.63. The van der Waals surface area contributed by atoms with E-state index in [0.717, 1.165) is 0 Å². The summed E-state index contributed by atoms with van der Waals surface area (Å²) in [5.41, 5.74) is 0. The third kappa shape index (κ3) is 4.53. The predicted molar refractivity (Wildman–Crippen MR) is 38.0 cm³/mol. The van der Waals surface area contributed by atoms with Gasteiger partial charge in [-0.05, 0) is 4.53 Å². The summed E-state index contributed by atoms with van der Waals surface area (Å²) in [5.74, 6) is -4.10. The minimum Gasteiger partial charge on any atom is -0.211 e. The molecule has 0 aromatic carbocycles. The Morgan fingerprint density at radius 3 is 2.00 bits per heavy atom. The molecule has 1 unspecified atom stereocenters. The number of alkyl halides is 2. The molecule has 0 aliphatic rings. The minimum atomic E-state index is -5.49. The Kier molecular flexibility index (Phi) is 4.61. The van der Waals surface area contributed by atoms with Gasteiger partial charge in [-0.15, -0.1) is 0 Å². The third-order valence-corrected chi connectivity index (χ3v) is 3.53. The molecule has 12 heteroatoms. The van der Waals surface area contributed by atoms with Gasteiger partial charge in [0.25, 0.3) is 26.1 Å². The maximum absolute atomic E-state index is 11.7. The minimum absolute atomic E-state index is 0.867. The van der Waals surface area contributed by atoms with E-state index in [9.17, 15) is 34.7 Å². The fourth-order valence-corrected chi connectivity index (χ4v) is 2.31. The molecule has 0 N–H and O–H groups in total. The maximum Gasteiger partial charge on any atom is 0.346 e. The van der Waals surface area contributed by atoms with E-state index in [1.54, 1.807) is 3.77 Å². The van der Waals surface area contributed by atoms with Gasteiger partial charge >= 0.3 is 5.76 Å². The fourth-order valence-electron chi connectivity index (χ4n) is 0.350. The number of halogens is 5. The number of sulfonamides is 1. The van der Waals surface area contributed by atoms with Gasteiger partial charge in [-0.3, -0.25) is 0 Å². The monoisotopic (exact) mass is 275 g/mol. The van der Waals surface area contributed by atoms with E-state index in [-0.39, 0.29) is 0 Å². The molecule has 0 radical (unpaired) electrons. The van der Waals surface area contributed by atoms with E-state index < -0.39 is 37.3 Å². The van der Waals surface area contributed by atoms with E-state index in [1.165, 1.54) is 0 Å². The topological polar surface area (TPSA) is 72.8 Å². The van der Waals surface area contributed by atoms with Crippen LogP contribution in [0.3, 0.4) is 0 Å². The zero-order valence-electron chi connectivity index (χ0n) is 6.44. The molecular weight excluding hydrogens is 273 g/mol. The standard InChI is InChI=1S/C3H2F5NO4S2/c4-2(5)1-14(10,11)9-15(12,13-8)3(6)7/h1,3H.